The van der Waals surface area contributed by atoms with Gasteiger partial charge in [-0.15, -0.1) is 0 Å². The van der Waals surface area contributed by atoms with E-state index in [1.807, 2.05) is 19.1 Å². The summed E-state index contributed by atoms with van der Waals surface area (Å²) in [5.41, 5.74) is 1.96. The van der Waals surface area contributed by atoms with Crippen molar-refractivity contribution in [3.05, 3.63) is 29.3 Å². The van der Waals surface area contributed by atoms with Crippen molar-refractivity contribution < 1.29 is 15.0 Å². The molecule has 0 saturated heterocycles. The lowest BCUT2D eigenvalue weighted by Crippen LogP contribution is -2.24. The maximum atomic E-state index is 11.2. The Kier molecular flexibility index (Phi) is 4.43. The standard InChI is InChI=1S/C15H21NO3/c1-2-15(19)16-9-10-8-13(10)11-4-3-5-14(18)12(11)6-7-17/h3-5,10,13,17-18H,2,6-9H2,1H3,(H,16,19)/t10-,13+/m0/s1. The third kappa shape index (κ3) is 3.26. The van der Waals surface area contributed by atoms with Crippen LogP contribution < -0.4 is 5.32 Å². The first kappa shape index (κ1) is 13.9. The minimum Gasteiger partial charge on any atom is -0.508 e. The van der Waals surface area contributed by atoms with E-state index in [0.29, 0.717) is 31.2 Å². The van der Waals surface area contributed by atoms with Gasteiger partial charge in [-0.1, -0.05) is 19.1 Å². The number of hydrogen-bond acceptors (Lipinski definition) is 3. The Hall–Kier alpha value is -1.55. The van der Waals surface area contributed by atoms with Crippen LogP contribution in [0.1, 0.15) is 36.8 Å². The summed E-state index contributed by atoms with van der Waals surface area (Å²) >= 11 is 0. The van der Waals surface area contributed by atoms with Crippen LogP contribution in [0.25, 0.3) is 0 Å². The second-order valence-corrected chi connectivity index (χ2v) is 5.08. The summed E-state index contributed by atoms with van der Waals surface area (Å²) in [5.74, 6) is 1.19. The van der Waals surface area contributed by atoms with E-state index in [0.717, 1.165) is 17.5 Å². The topological polar surface area (TPSA) is 69.6 Å². The number of aromatic hydroxyl groups is 1. The lowest BCUT2D eigenvalue weighted by Gasteiger charge is -2.10. The van der Waals surface area contributed by atoms with Crippen LogP contribution in [0.2, 0.25) is 0 Å². The van der Waals surface area contributed by atoms with E-state index >= 15 is 0 Å². The fraction of sp³-hybridized carbons (Fsp3) is 0.533. The number of carbonyl (C=O) groups is 1. The molecule has 2 atom stereocenters. The van der Waals surface area contributed by atoms with Crippen LogP contribution in [0, 0.1) is 5.92 Å². The van der Waals surface area contributed by atoms with Gasteiger partial charge in [0, 0.05) is 19.6 Å². The smallest absolute Gasteiger partial charge is 0.219 e. The van der Waals surface area contributed by atoms with Crippen molar-refractivity contribution in [1.82, 2.24) is 5.32 Å². The van der Waals surface area contributed by atoms with Gasteiger partial charge in [-0.25, -0.2) is 0 Å². The Bertz CT molecular complexity index is 459. The summed E-state index contributed by atoms with van der Waals surface area (Å²) in [6.07, 6.45) is 2.03. The predicted molar refractivity (Wildman–Crippen MR) is 73.0 cm³/mol. The van der Waals surface area contributed by atoms with Crippen LogP contribution in [-0.2, 0) is 11.2 Å². The summed E-state index contributed by atoms with van der Waals surface area (Å²) in [5, 5.41) is 21.8. The zero-order valence-corrected chi connectivity index (χ0v) is 11.2. The van der Waals surface area contributed by atoms with Crippen LogP contribution in [0.15, 0.2) is 18.2 Å². The Labute approximate surface area is 113 Å². The monoisotopic (exact) mass is 263 g/mol. The van der Waals surface area contributed by atoms with Gasteiger partial charge in [0.1, 0.15) is 5.75 Å². The van der Waals surface area contributed by atoms with Gasteiger partial charge in [-0.3, -0.25) is 4.79 Å². The SMILES string of the molecule is CCC(=O)NC[C@@H]1C[C@H]1c1cccc(O)c1CCO. The molecule has 19 heavy (non-hydrogen) atoms. The predicted octanol–water partition coefficient (Wildman–Crippen LogP) is 1.56. The van der Waals surface area contributed by atoms with Crippen molar-refractivity contribution in [3.8, 4) is 5.75 Å². The molecule has 0 aromatic heterocycles. The Morgan fingerprint density at radius 2 is 2.26 bits per heavy atom. The van der Waals surface area contributed by atoms with E-state index in [1.165, 1.54) is 0 Å². The Morgan fingerprint density at radius 1 is 1.47 bits per heavy atom. The van der Waals surface area contributed by atoms with E-state index in [9.17, 15) is 9.90 Å². The van der Waals surface area contributed by atoms with Crippen LogP contribution in [-0.4, -0.2) is 29.3 Å². The number of aliphatic hydroxyl groups is 1. The molecule has 1 amide bonds. The first-order valence-corrected chi connectivity index (χ1v) is 6.85. The molecule has 0 radical (unpaired) electrons. The van der Waals surface area contributed by atoms with Gasteiger partial charge in [-0.2, -0.15) is 0 Å². The van der Waals surface area contributed by atoms with Crippen LogP contribution in [0.3, 0.4) is 0 Å². The largest absolute Gasteiger partial charge is 0.508 e. The highest BCUT2D eigenvalue weighted by atomic mass is 16.3. The second kappa shape index (κ2) is 6.06. The summed E-state index contributed by atoms with van der Waals surface area (Å²) in [6, 6.07) is 5.51. The third-order valence-corrected chi connectivity index (χ3v) is 3.75. The highest BCUT2D eigenvalue weighted by Crippen LogP contribution is 2.49. The average Bonchev–Trinajstić information content (AvgIpc) is 3.18. The molecule has 1 aromatic carbocycles. The number of aliphatic hydroxyl groups excluding tert-OH is 1. The van der Waals surface area contributed by atoms with Gasteiger partial charge < -0.3 is 15.5 Å². The molecular formula is C15H21NO3. The van der Waals surface area contributed by atoms with E-state index < -0.39 is 0 Å². The highest BCUT2D eigenvalue weighted by molar-refractivity contribution is 5.75. The van der Waals surface area contributed by atoms with E-state index in [1.54, 1.807) is 6.07 Å². The average molecular weight is 263 g/mol. The zero-order valence-electron chi connectivity index (χ0n) is 11.2. The number of carbonyl (C=O) groups excluding carboxylic acids is 1. The zero-order chi connectivity index (χ0) is 13.8. The van der Waals surface area contributed by atoms with Gasteiger partial charge >= 0.3 is 0 Å². The van der Waals surface area contributed by atoms with Crippen LogP contribution in [0.5, 0.6) is 5.75 Å². The number of nitrogens with one attached hydrogen (secondary N) is 1. The second-order valence-electron chi connectivity index (χ2n) is 5.08. The van der Waals surface area contributed by atoms with Gasteiger partial charge in [0.25, 0.3) is 0 Å². The molecule has 0 heterocycles. The maximum Gasteiger partial charge on any atom is 0.219 e. The molecule has 1 aromatic rings. The van der Waals surface area contributed by atoms with Crippen LogP contribution >= 0.6 is 0 Å². The van der Waals surface area contributed by atoms with Crippen molar-refractivity contribution in [2.75, 3.05) is 13.2 Å². The van der Waals surface area contributed by atoms with Gasteiger partial charge in [0.05, 0.1) is 0 Å². The van der Waals surface area contributed by atoms with Gasteiger partial charge in [-0.05, 0) is 41.9 Å². The van der Waals surface area contributed by atoms with Crippen LogP contribution in [0.4, 0.5) is 0 Å². The summed E-state index contributed by atoms with van der Waals surface area (Å²) < 4.78 is 0. The minimum atomic E-state index is 0.0362. The molecule has 104 valence electrons. The van der Waals surface area contributed by atoms with Gasteiger partial charge in [0.15, 0.2) is 0 Å². The first-order valence-electron chi connectivity index (χ1n) is 6.85. The number of rotatable bonds is 6. The Morgan fingerprint density at radius 3 is 2.95 bits per heavy atom. The van der Waals surface area contributed by atoms with Crippen molar-refractivity contribution in [1.29, 1.82) is 0 Å². The van der Waals surface area contributed by atoms with E-state index in [-0.39, 0.29) is 18.3 Å². The Balaban J connectivity index is 2.00. The molecule has 0 bridgehead atoms. The number of amides is 1. The molecule has 1 aliphatic carbocycles. The normalized spacial score (nSPS) is 21.2. The maximum absolute atomic E-state index is 11.2. The summed E-state index contributed by atoms with van der Waals surface area (Å²) in [7, 11) is 0. The van der Waals surface area contributed by atoms with Crippen molar-refractivity contribution in [3.63, 3.8) is 0 Å². The first-order chi connectivity index (χ1) is 9.17. The lowest BCUT2D eigenvalue weighted by molar-refractivity contribution is -0.120. The lowest BCUT2D eigenvalue weighted by atomic mass is 9.98. The molecule has 2 rings (SSSR count). The minimum absolute atomic E-state index is 0.0362. The molecule has 0 spiro atoms. The molecule has 4 nitrogen and oxygen atoms in total. The fourth-order valence-electron chi connectivity index (χ4n) is 2.55. The number of phenolic OH excluding ortho intramolecular Hbond substituents is 1. The quantitative estimate of drug-likeness (QED) is 0.729. The van der Waals surface area contributed by atoms with Crippen molar-refractivity contribution >= 4 is 5.91 Å². The van der Waals surface area contributed by atoms with Crippen molar-refractivity contribution in [2.24, 2.45) is 5.92 Å². The molecule has 1 fully saturated rings. The van der Waals surface area contributed by atoms with E-state index in [2.05, 4.69) is 5.32 Å². The molecule has 3 N–H and O–H groups in total. The highest BCUT2D eigenvalue weighted by Gasteiger charge is 2.39. The molecule has 4 heteroatoms. The fourth-order valence-corrected chi connectivity index (χ4v) is 2.55. The molecule has 0 aliphatic heterocycles. The van der Waals surface area contributed by atoms with Crippen molar-refractivity contribution in [2.45, 2.75) is 32.1 Å². The van der Waals surface area contributed by atoms with Gasteiger partial charge in [0.2, 0.25) is 5.91 Å². The third-order valence-electron chi connectivity index (χ3n) is 3.75. The summed E-state index contributed by atoms with van der Waals surface area (Å²) in [4.78, 5) is 11.2. The molecule has 1 saturated carbocycles. The molecule has 1 aliphatic rings. The number of hydrogen-bond donors (Lipinski definition) is 3. The summed E-state index contributed by atoms with van der Waals surface area (Å²) in [6.45, 7) is 2.58. The molecule has 0 unspecified atom stereocenters. The number of phenols is 1. The molecular weight excluding hydrogens is 242 g/mol. The number of benzene rings is 1. The van der Waals surface area contributed by atoms with E-state index in [4.69, 9.17) is 5.11 Å².